The number of carboxylic acid groups (broad SMARTS) is 2. The summed E-state index contributed by atoms with van der Waals surface area (Å²) < 4.78 is 0. The van der Waals surface area contributed by atoms with E-state index in [1.165, 1.54) is 224 Å². The largest absolute Gasteiger partial charge is 0.481 e. The summed E-state index contributed by atoms with van der Waals surface area (Å²) in [6.45, 7) is 6.65. The van der Waals surface area contributed by atoms with Gasteiger partial charge in [0.2, 0.25) is 0 Å². The first-order valence-corrected chi connectivity index (χ1v) is 24.4. The standard InChI is InChI=1S/2C22H44O2.C7H8/c2*1-2-3-4-5-6-7-8-9-10-11-12-13-14-15-16-17-18-19-20-21-22(23)24;1-7-5-3-2-4-6-7/h2*2-21H2,1H3,(H,23,24);2-6H,1H3. The van der Waals surface area contributed by atoms with Crippen molar-refractivity contribution in [3.8, 4) is 0 Å². The molecule has 0 saturated heterocycles. The number of unbranched alkanes of at least 4 members (excludes halogenated alkanes) is 36. The van der Waals surface area contributed by atoms with Crippen molar-refractivity contribution in [2.24, 2.45) is 0 Å². The van der Waals surface area contributed by atoms with Crippen molar-refractivity contribution in [1.29, 1.82) is 0 Å². The molecule has 0 heterocycles. The molecule has 4 heteroatoms. The number of rotatable bonds is 40. The number of aliphatic carboxylic acids is 2. The van der Waals surface area contributed by atoms with Crippen LogP contribution in [0.25, 0.3) is 0 Å². The van der Waals surface area contributed by atoms with Gasteiger partial charge >= 0.3 is 11.9 Å². The lowest BCUT2D eigenvalue weighted by Crippen LogP contribution is -1.93. The first-order chi connectivity index (χ1) is 26.9. The summed E-state index contributed by atoms with van der Waals surface area (Å²) >= 11 is 0. The summed E-state index contributed by atoms with van der Waals surface area (Å²) in [5.74, 6) is -1.30. The molecule has 0 fully saturated rings. The monoisotopic (exact) mass is 773 g/mol. The van der Waals surface area contributed by atoms with Gasteiger partial charge in [-0.25, -0.2) is 0 Å². The van der Waals surface area contributed by atoms with Crippen molar-refractivity contribution >= 4 is 11.9 Å². The third-order valence-electron chi connectivity index (χ3n) is 10.9. The predicted molar refractivity (Wildman–Crippen MR) is 242 cm³/mol. The fourth-order valence-corrected chi connectivity index (χ4v) is 7.24. The second-order valence-electron chi connectivity index (χ2n) is 16.7. The molecule has 0 atom stereocenters. The van der Waals surface area contributed by atoms with E-state index in [0.29, 0.717) is 12.8 Å². The van der Waals surface area contributed by atoms with Crippen LogP contribution in [-0.2, 0) is 9.59 Å². The Morgan fingerprint density at radius 2 is 0.509 bits per heavy atom. The van der Waals surface area contributed by atoms with Crippen molar-refractivity contribution in [2.45, 2.75) is 278 Å². The van der Waals surface area contributed by atoms with E-state index in [-0.39, 0.29) is 0 Å². The highest BCUT2D eigenvalue weighted by Gasteiger charge is 1.99. The summed E-state index contributed by atoms with van der Waals surface area (Å²) in [6.07, 6.45) is 52.2. The second-order valence-corrected chi connectivity index (χ2v) is 16.7. The fourth-order valence-electron chi connectivity index (χ4n) is 7.24. The SMILES string of the molecule is CCCCCCCCCCCCCCCCCCCCCC(=O)O.CCCCCCCCCCCCCCCCCCCCCC(=O)O.Cc1ccccc1. The average molecular weight is 773 g/mol. The van der Waals surface area contributed by atoms with Gasteiger partial charge in [-0.1, -0.05) is 281 Å². The molecule has 324 valence electrons. The molecule has 0 bridgehead atoms. The smallest absolute Gasteiger partial charge is 0.303 e. The number of carbonyl (C=O) groups is 2. The van der Waals surface area contributed by atoms with Crippen LogP contribution in [0.2, 0.25) is 0 Å². The third-order valence-corrected chi connectivity index (χ3v) is 10.9. The zero-order valence-corrected chi connectivity index (χ0v) is 37.4. The summed E-state index contributed by atoms with van der Waals surface area (Å²) in [6, 6.07) is 10.3. The van der Waals surface area contributed by atoms with Crippen molar-refractivity contribution < 1.29 is 19.8 Å². The molecule has 1 aromatic carbocycles. The molecule has 1 rings (SSSR count). The Bertz CT molecular complexity index is 802. The topological polar surface area (TPSA) is 74.6 Å². The Morgan fingerprint density at radius 3 is 0.655 bits per heavy atom. The summed E-state index contributed by atoms with van der Waals surface area (Å²) in [5, 5.41) is 17.1. The maximum atomic E-state index is 10.4. The van der Waals surface area contributed by atoms with Crippen LogP contribution in [-0.4, -0.2) is 22.2 Å². The number of aryl methyl sites for hydroxylation is 1. The molecule has 0 spiro atoms. The van der Waals surface area contributed by atoms with Crippen molar-refractivity contribution in [2.75, 3.05) is 0 Å². The molecule has 55 heavy (non-hydrogen) atoms. The quantitative estimate of drug-likeness (QED) is 0.0652. The van der Waals surface area contributed by atoms with Gasteiger partial charge in [-0.2, -0.15) is 0 Å². The Hall–Kier alpha value is -1.84. The molecule has 1 aromatic rings. The highest BCUT2D eigenvalue weighted by atomic mass is 16.4. The Labute approximate surface area is 344 Å². The van der Waals surface area contributed by atoms with Crippen molar-refractivity contribution in [3.63, 3.8) is 0 Å². The van der Waals surface area contributed by atoms with Crippen LogP contribution in [0, 0.1) is 6.92 Å². The maximum absolute atomic E-state index is 10.4. The minimum atomic E-state index is -0.651. The van der Waals surface area contributed by atoms with Crippen LogP contribution < -0.4 is 0 Å². The second kappa shape index (κ2) is 50.2. The molecule has 0 radical (unpaired) electrons. The number of hydrogen-bond donors (Lipinski definition) is 2. The van der Waals surface area contributed by atoms with E-state index in [0.717, 1.165) is 25.7 Å². The van der Waals surface area contributed by atoms with Crippen LogP contribution in [0.4, 0.5) is 0 Å². The van der Waals surface area contributed by atoms with Crippen LogP contribution in [0.15, 0.2) is 30.3 Å². The average Bonchev–Trinajstić information content (AvgIpc) is 3.17. The summed E-state index contributed by atoms with van der Waals surface area (Å²) in [7, 11) is 0. The van der Waals surface area contributed by atoms with E-state index >= 15 is 0 Å². The molecule has 2 N–H and O–H groups in total. The Balaban J connectivity index is 0. The molecule has 0 aliphatic rings. The lowest BCUT2D eigenvalue weighted by atomic mass is 10.0. The van der Waals surface area contributed by atoms with Gasteiger partial charge in [0.15, 0.2) is 0 Å². The Kier molecular flexibility index (Phi) is 50.4. The summed E-state index contributed by atoms with van der Waals surface area (Å²) in [4.78, 5) is 20.8. The number of carboxylic acids is 2. The predicted octanol–water partition coefficient (Wildman–Crippen LogP) is 17.8. The highest BCUT2D eigenvalue weighted by Crippen LogP contribution is 2.16. The van der Waals surface area contributed by atoms with E-state index in [4.69, 9.17) is 10.2 Å². The van der Waals surface area contributed by atoms with Crippen LogP contribution in [0.5, 0.6) is 0 Å². The third kappa shape index (κ3) is 56.6. The van der Waals surface area contributed by atoms with Gasteiger partial charge in [-0.15, -0.1) is 0 Å². The molecule has 0 unspecified atom stereocenters. The molecular weight excluding hydrogens is 677 g/mol. The fraction of sp³-hybridized carbons (Fsp3) is 0.843. The first-order valence-electron chi connectivity index (χ1n) is 24.4. The van der Waals surface area contributed by atoms with E-state index in [1.54, 1.807) is 0 Å². The van der Waals surface area contributed by atoms with Gasteiger partial charge in [0, 0.05) is 12.8 Å². The zero-order chi connectivity index (χ0) is 40.6. The molecule has 4 nitrogen and oxygen atoms in total. The van der Waals surface area contributed by atoms with Gasteiger partial charge in [-0.05, 0) is 19.8 Å². The van der Waals surface area contributed by atoms with Crippen LogP contribution >= 0.6 is 0 Å². The molecule has 0 saturated carbocycles. The van der Waals surface area contributed by atoms with E-state index in [1.807, 2.05) is 18.2 Å². The molecule has 0 amide bonds. The van der Waals surface area contributed by atoms with E-state index < -0.39 is 11.9 Å². The van der Waals surface area contributed by atoms with Gasteiger partial charge in [0.1, 0.15) is 0 Å². The lowest BCUT2D eigenvalue weighted by molar-refractivity contribution is -0.138. The number of hydrogen-bond acceptors (Lipinski definition) is 2. The van der Waals surface area contributed by atoms with Crippen LogP contribution in [0.3, 0.4) is 0 Å². The van der Waals surface area contributed by atoms with Crippen molar-refractivity contribution in [3.05, 3.63) is 35.9 Å². The molecule has 0 aliphatic carbocycles. The summed E-state index contributed by atoms with van der Waals surface area (Å²) in [5.41, 5.74) is 1.32. The highest BCUT2D eigenvalue weighted by molar-refractivity contribution is 5.66. The zero-order valence-electron chi connectivity index (χ0n) is 37.4. The molecular formula is C51H96O4. The maximum Gasteiger partial charge on any atom is 0.303 e. The van der Waals surface area contributed by atoms with Gasteiger partial charge in [-0.3, -0.25) is 9.59 Å². The van der Waals surface area contributed by atoms with Crippen LogP contribution in [0.1, 0.15) is 276 Å². The molecule has 0 aliphatic heterocycles. The van der Waals surface area contributed by atoms with E-state index in [2.05, 4.69) is 32.9 Å². The van der Waals surface area contributed by atoms with Gasteiger partial charge in [0.05, 0.1) is 0 Å². The normalized spacial score (nSPS) is 10.7. The Morgan fingerprint density at radius 1 is 0.327 bits per heavy atom. The number of benzene rings is 1. The lowest BCUT2D eigenvalue weighted by Gasteiger charge is -2.03. The minimum Gasteiger partial charge on any atom is -0.481 e. The minimum absolute atomic E-state index is 0.346. The first kappa shape index (κ1) is 55.3. The van der Waals surface area contributed by atoms with E-state index in [9.17, 15) is 9.59 Å². The molecule has 0 aromatic heterocycles. The van der Waals surface area contributed by atoms with Gasteiger partial charge < -0.3 is 10.2 Å². The van der Waals surface area contributed by atoms with Gasteiger partial charge in [0.25, 0.3) is 0 Å². The van der Waals surface area contributed by atoms with Crippen molar-refractivity contribution in [1.82, 2.24) is 0 Å².